The summed E-state index contributed by atoms with van der Waals surface area (Å²) < 4.78 is 18.5. The molecule has 0 aliphatic carbocycles. The van der Waals surface area contributed by atoms with Crippen molar-refractivity contribution in [2.75, 3.05) is 6.61 Å². The third-order valence-corrected chi connectivity index (χ3v) is 2.61. The van der Waals surface area contributed by atoms with E-state index >= 15 is 0 Å². The number of benzene rings is 1. The molecule has 0 amide bonds. The lowest BCUT2D eigenvalue weighted by Crippen LogP contribution is -1.88. The summed E-state index contributed by atoms with van der Waals surface area (Å²) in [6, 6.07) is 3.34. The van der Waals surface area contributed by atoms with Gasteiger partial charge in [-0.1, -0.05) is 15.9 Å². The summed E-state index contributed by atoms with van der Waals surface area (Å²) in [5.74, 6) is 0.696. The van der Waals surface area contributed by atoms with Gasteiger partial charge in [0.25, 0.3) is 0 Å². The van der Waals surface area contributed by atoms with Crippen molar-refractivity contribution in [1.82, 2.24) is 0 Å². The van der Waals surface area contributed by atoms with Crippen LogP contribution in [-0.2, 0) is 11.8 Å². The highest BCUT2D eigenvalue weighted by Gasteiger charge is 2.14. The van der Waals surface area contributed by atoms with E-state index in [1.54, 1.807) is 12.1 Å². The lowest BCUT2D eigenvalue weighted by molar-refractivity contribution is 0.356. The van der Waals surface area contributed by atoms with Gasteiger partial charge in [-0.25, -0.2) is 4.39 Å². The van der Waals surface area contributed by atoms with Crippen LogP contribution in [0, 0.1) is 5.82 Å². The highest BCUT2D eigenvalue weighted by molar-refractivity contribution is 9.08. The second-order valence-corrected chi connectivity index (χ2v) is 3.34. The van der Waals surface area contributed by atoms with E-state index in [9.17, 15) is 4.39 Å². The average molecular weight is 231 g/mol. The first kappa shape index (κ1) is 8.05. The lowest BCUT2D eigenvalue weighted by atomic mass is 10.1. The molecule has 0 saturated carbocycles. The van der Waals surface area contributed by atoms with Gasteiger partial charge in [0.1, 0.15) is 11.6 Å². The summed E-state index contributed by atoms with van der Waals surface area (Å²) in [7, 11) is 0. The van der Waals surface area contributed by atoms with Gasteiger partial charge in [0.2, 0.25) is 0 Å². The first-order valence-corrected chi connectivity index (χ1v) is 4.93. The average Bonchev–Trinajstić information content (AvgIpc) is 2.49. The summed E-state index contributed by atoms with van der Waals surface area (Å²) in [4.78, 5) is 0. The van der Waals surface area contributed by atoms with Crippen LogP contribution < -0.4 is 4.74 Å². The van der Waals surface area contributed by atoms with Crippen LogP contribution in [0.3, 0.4) is 0 Å². The zero-order chi connectivity index (χ0) is 8.55. The molecule has 0 aromatic heterocycles. The number of hydrogen-bond acceptors (Lipinski definition) is 1. The van der Waals surface area contributed by atoms with Crippen LogP contribution in [0.25, 0.3) is 0 Å². The Morgan fingerprint density at radius 3 is 3.08 bits per heavy atom. The Kier molecular flexibility index (Phi) is 2.05. The molecular formula is C9H8BrFO. The minimum Gasteiger partial charge on any atom is -0.493 e. The molecule has 0 atom stereocenters. The van der Waals surface area contributed by atoms with Gasteiger partial charge in [0.15, 0.2) is 0 Å². The molecule has 1 aromatic rings. The van der Waals surface area contributed by atoms with E-state index in [0.29, 0.717) is 17.5 Å². The highest BCUT2D eigenvalue weighted by atomic mass is 79.9. The van der Waals surface area contributed by atoms with Crippen LogP contribution in [0.4, 0.5) is 4.39 Å². The molecule has 1 heterocycles. The Morgan fingerprint density at radius 2 is 2.33 bits per heavy atom. The van der Waals surface area contributed by atoms with Gasteiger partial charge in [0.05, 0.1) is 6.61 Å². The van der Waals surface area contributed by atoms with Gasteiger partial charge in [0, 0.05) is 22.9 Å². The number of hydrogen-bond donors (Lipinski definition) is 0. The second kappa shape index (κ2) is 3.05. The molecule has 1 aliphatic rings. The fraction of sp³-hybridized carbons (Fsp3) is 0.333. The van der Waals surface area contributed by atoms with E-state index in [4.69, 9.17) is 4.74 Å². The van der Waals surface area contributed by atoms with Crippen molar-refractivity contribution < 1.29 is 9.13 Å². The zero-order valence-electron chi connectivity index (χ0n) is 6.44. The predicted molar refractivity (Wildman–Crippen MR) is 48.2 cm³/mol. The zero-order valence-corrected chi connectivity index (χ0v) is 8.03. The van der Waals surface area contributed by atoms with Crippen molar-refractivity contribution in [3.8, 4) is 5.75 Å². The number of alkyl halides is 1. The first-order chi connectivity index (χ1) is 5.81. The molecule has 0 spiro atoms. The minimum atomic E-state index is -0.142. The van der Waals surface area contributed by atoms with E-state index in [2.05, 4.69) is 15.9 Å². The van der Waals surface area contributed by atoms with Crippen LogP contribution in [0.15, 0.2) is 12.1 Å². The molecule has 0 saturated heterocycles. The molecule has 2 rings (SSSR count). The molecule has 3 heteroatoms. The Balaban J connectivity index is 2.49. The van der Waals surface area contributed by atoms with Gasteiger partial charge in [-0.05, 0) is 12.1 Å². The molecule has 1 aromatic carbocycles. The van der Waals surface area contributed by atoms with Crippen molar-refractivity contribution in [2.24, 2.45) is 0 Å². The topological polar surface area (TPSA) is 9.23 Å². The van der Waals surface area contributed by atoms with Crippen LogP contribution in [0.1, 0.15) is 11.1 Å². The molecule has 1 nitrogen and oxygen atoms in total. The quantitative estimate of drug-likeness (QED) is 0.675. The van der Waals surface area contributed by atoms with Crippen molar-refractivity contribution in [1.29, 1.82) is 0 Å². The van der Waals surface area contributed by atoms with E-state index in [1.807, 2.05) is 0 Å². The van der Waals surface area contributed by atoms with Gasteiger partial charge in [-0.3, -0.25) is 0 Å². The Labute approximate surface area is 78.7 Å². The molecule has 0 bridgehead atoms. The summed E-state index contributed by atoms with van der Waals surface area (Å²) in [6.45, 7) is 0.681. The van der Waals surface area contributed by atoms with Crippen LogP contribution >= 0.6 is 15.9 Å². The Hall–Kier alpha value is -0.570. The summed E-state index contributed by atoms with van der Waals surface area (Å²) >= 11 is 3.22. The fourth-order valence-corrected chi connectivity index (χ4v) is 1.77. The number of fused-ring (bicyclic) bond motifs is 1. The number of ether oxygens (including phenoxy) is 1. The van der Waals surface area contributed by atoms with Crippen LogP contribution in [0.2, 0.25) is 0 Å². The molecule has 0 fully saturated rings. The van der Waals surface area contributed by atoms with E-state index in [-0.39, 0.29) is 5.82 Å². The third-order valence-electron chi connectivity index (χ3n) is 2.00. The molecule has 0 N–H and O–H groups in total. The smallest absolute Gasteiger partial charge is 0.127 e. The van der Waals surface area contributed by atoms with Crippen LogP contribution in [0.5, 0.6) is 5.75 Å². The first-order valence-electron chi connectivity index (χ1n) is 3.81. The van der Waals surface area contributed by atoms with Gasteiger partial charge >= 0.3 is 0 Å². The summed E-state index contributed by atoms with van der Waals surface area (Å²) in [5, 5.41) is 0.537. The largest absolute Gasteiger partial charge is 0.493 e. The number of halogens is 2. The van der Waals surface area contributed by atoms with E-state index in [1.165, 1.54) is 0 Å². The van der Waals surface area contributed by atoms with Crippen LogP contribution in [-0.4, -0.2) is 6.61 Å². The normalized spacial score (nSPS) is 14.2. The standard InChI is InChI=1S/C9H8BrFO/c10-5-7-4-9-6(1-2-12-9)3-8(7)11/h3-4H,1-2,5H2. The van der Waals surface area contributed by atoms with Crippen molar-refractivity contribution in [3.63, 3.8) is 0 Å². The molecule has 64 valence electrons. The van der Waals surface area contributed by atoms with E-state index < -0.39 is 0 Å². The van der Waals surface area contributed by atoms with E-state index in [0.717, 1.165) is 17.7 Å². The van der Waals surface area contributed by atoms with Gasteiger partial charge in [-0.15, -0.1) is 0 Å². The SMILES string of the molecule is Fc1cc2c(cc1CBr)OCC2. The maximum atomic E-state index is 13.2. The number of rotatable bonds is 1. The molecule has 12 heavy (non-hydrogen) atoms. The Bertz CT molecular complexity index is 311. The third kappa shape index (κ3) is 1.22. The molecular weight excluding hydrogens is 223 g/mol. The molecule has 0 unspecified atom stereocenters. The van der Waals surface area contributed by atoms with Crippen molar-refractivity contribution in [2.45, 2.75) is 11.8 Å². The summed E-state index contributed by atoms with van der Waals surface area (Å²) in [5.41, 5.74) is 1.65. The lowest BCUT2D eigenvalue weighted by Gasteiger charge is -2.02. The van der Waals surface area contributed by atoms with Gasteiger partial charge < -0.3 is 4.74 Å². The molecule has 0 radical (unpaired) electrons. The molecule has 1 aliphatic heterocycles. The van der Waals surface area contributed by atoms with Crippen molar-refractivity contribution in [3.05, 3.63) is 29.1 Å². The maximum absolute atomic E-state index is 13.2. The fourth-order valence-electron chi connectivity index (χ4n) is 1.34. The van der Waals surface area contributed by atoms with Crippen molar-refractivity contribution >= 4 is 15.9 Å². The monoisotopic (exact) mass is 230 g/mol. The predicted octanol–water partition coefficient (Wildman–Crippen LogP) is 2.66. The van der Waals surface area contributed by atoms with Gasteiger partial charge in [-0.2, -0.15) is 0 Å². The minimum absolute atomic E-state index is 0.142. The second-order valence-electron chi connectivity index (χ2n) is 2.78. The maximum Gasteiger partial charge on any atom is 0.127 e. The highest BCUT2D eigenvalue weighted by Crippen LogP contribution is 2.28. The Morgan fingerprint density at radius 1 is 1.50 bits per heavy atom. The summed E-state index contributed by atoms with van der Waals surface area (Å²) in [6.07, 6.45) is 0.828.